The summed E-state index contributed by atoms with van der Waals surface area (Å²) in [5.74, 6) is -0.0319. The number of nitrogens with one attached hydrogen (secondary N) is 2. The first-order chi connectivity index (χ1) is 15.3. The highest BCUT2D eigenvalue weighted by Crippen LogP contribution is 2.28. The van der Waals surface area contributed by atoms with E-state index in [1.54, 1.807) is 18.2 Å². The van der Waals surface area contributed by atoms with E-state index in [0.717, 1.165) is 31.2 Å². The molecule has 0 aromatic heterocycles. The van der Waals surface area contributed by atoms with Gasteiger partial charge in [0.2, 0.25) is 0 Å². The molecule has 0 aliphatic heterocycles. The van der Waals surface area contributed by atoms with Crippen molar-refractivity contribution in [3.63, 3.8) is 0 Å². The van der Waals surface area contributed by atoms with Crippen LogP contribution in [0.15, 0.2) is 47.5 Å². The van der Waals surface area contributed by atoms with E-state index in [2.05, 4.69) is 20.4 Å². The van der Waals surface area contributed by atoms with Gasteiger partial charge in [-0.3, -0.25) is 4.79 Å². The highest BCUT2D eigenvalue weighted by atomic mass is 35.5. The molecular weight excluding hydrogens is 433 g/mol. The topological polar surface area (TPSA) is 79.8 Å². The summed E-state index contributed by atoms with van der Waals surface area (Å²) in [7, 11) is 1.35. The summed E-state index contributed by atoms with van der Waals surface area (Å²) < 4.78 is 18.5. The molecular formula is C24H27ClFN3O3. The largest absolute Gasteiger partial charge is 0.453 e. The van der Waals surface area contributed by atoms with Crippen molar-refractivity contribution in [2.75, 3.05) is 7.11 Å². The van der Waals surface area contributed by atoms with Crippen molar-refractivity contribution >= 4 is 35.1 Å². The average molecular weight is 460 g/mol. The fraction of sp³-hybridized carbons (Fsp3) is 0.375. The van der Waals surface area contributed by atoms with Gasteiger partial charge in [-0.2, -0.15) is 0 Å². The van der Waals surface area contributed by atoms with Crippen molar-refractivity contribution in [2.45, 2.75) is 45.1 Å². The van der Waals surface area contributed by atoms with Gasteiger partial charge in [0.05, 0.1) is 12.8 Å². The highest BCUT2D eigenvalue weighted by Gasteiger charge is 2.24. The fourth-order valence-electron chi connectivity index (χ4n) is 3.80. The molecule has 2 aromatic rings. The Kier molecular flexibility index (Phi) is 8.22. The molecule has 1 fully saturated rings. The number of nitrogens with zero attached hydrogens (tertiary/aromatic N) is 1. The predicted octanol–water partition coefficient (Wildman–Crippen LogP) is 5.55. The zero-order chi connectivity index (χ0) is 23.1. The molecule has 1 saturated carbocycles. The molecule has 2 aromatic carbocycles. The number of hydrogen-bond acceptors (Lipinski definition) is 4. The van der Waals surface area contributed by atoms with Gasteiger partial charge in [-0.1, -0.05) is 29.3 Å². The zero-order valence-corrected chi connectivity index (χ0v) is 18.9. The number of methoxy groups -OCH3 is 1. The standard InChI is InChI=1S/C24H27ClFN3O3/c1-15-3-7-17(8-4-15)23(30)29-22(27-21-13-18(25)12-19(26)14-21)11-16-5-9-20(10-6-16)28-24(31)32-2/h3-4,7-8,12-14,16,20H,5-6,9-11H2,1-2H3,(H,28,31)(H,27,29,30). The molecule has 6 nitrogen and oxygen atoms in total. The van der Waals surface area contributed by atoms with Crippen LogP contribution in [0.3, 0.4) is 0 Å². The second kappa shape index (κ2) is 11.1. The Labute approximate surface area is 192 Å². The number of carbonyl (C=O) groups excluding carboxylic acids is 2. The van der Waals surface area contributed by atoms with Crippen molar-refractivity contribution in [3.05, 3.63) is 64.4 Å². The Hall–Kier alpha value is -2.93. The molecule has 1 aliphatic rings. The number of halogens is 2. The molecule has 2 amide bonds. The molecule has 8 heteroatoms. The Balaban J connectivity index is 1.73. The van der Waals surface area contributed by atoms with Crippen LogP contribution in [0.1, 0.15) is 48.0 Å². The number of aliphatic imine (C=N–C) groups is 1. The minimum atomic E-state index is -0.491. The van der Waals surface area contributed by atoms with Crippen LogP contribution in [0.5, 0.6) is 0 Å². The number of amidine groups is 1. The van der Waals surface area contributed by atoms with E-state index >= 15 is 0 Å². The molecule has 32 heavy (non-hydrogen) atoms. The van der Waals surface area contributed by atoms with Crippen LogP contribution in [-0.4, -0.2) is 31.0 Å². The molecule has 0 saturated heterocycles. The first-order valence-electron chi connectivity index (χ1n) is 10.6. The van der Waals surface area contributed by atoms with Crippen molar-refractivity contribution in [1.29, 1.82) is 0 Å². The maximum absolute atomic E-state index is 13.8. The first kappa shape index (κ1) is 23.7. The minimum absolute atomic E-state index is 0.0725. The lowest BCUT2D eigenvalue weighted by Crippen LogP contribution is -2.38. The Morgan fingerprint density at radius 2 is 1.81 bits per heavy atom. The third kappa shape index (κ3) is 7.05. The Morgan fingerprint density at radius 1 is 1.12 bits per heavy atom. The van der Waals surface area contributed by atoms with Crippen LogP contribution in [0.2, 0.25) is 5.02 Å². The number of rotatable bonds is 5. The molecule has 1 aliphatic carbocycles. The van der Waals surface area contributed by atoms with E-state index in [4.69, 9.17) is 11.6 Å². The van der Waals surface area contributed by atoms with Gasteiger partial charge in [-0.25, -0.2) is 14.2 Å². The molecule has 2 N–H and O–H groups in total. The quantitative estimate of drug-likeness (QED) is 0.454. The smallest absolute Gasteiger partial charge is 0.407 e. The number of hydrogen-bond donors (Lipinski definition) is 2. The third-order valence-corrected chi connectivity index (χ3v) is 5.74. The van der Waals surface area contributed by atoms with Crippen LogP contribution in [0, 0.1) is 18.7 Å². The number of ether oxygens (including phenoxy) is 1. The summed E-state index contributed by atoms with van der Waals surface area (Å²) in [4.78, 5) is 28.7. The molecule has 0 atom stereocenters. The monoisotopic (exact) mass is 459 g/mol. The van der Waals surface area contributed by atoms with E-state index in [1.807, 2.05) is 19.1 Å². The average Bonchev–Trinajstić information content (AvgIpc) is 2.74. The molecule has 0 bridgehead atoms. The minimum Gasteiger partial charge on any atom is -0.453 e. The van der Waals surface area contributed by atoms with Gasteiger partial charge in [-0.15, -0.1) is 0 Å². The summed E-state index contributed by atoms with van der Waals surface area (Å²) in [6.45, 7) is 1.95. The summed E-state index contributed by atoms with van der Waals surface area (Å²) in [6, 6.07) is 11.4. The second-order valence-electron chi connectivity index (χ2n) is 8.06. The van der Waals surface area contributed by atoms with Gasteiger partial charge in [0.25, 0.3) is 5.91 Å². The van der Waals surface area contributed by atoms with Gasteiger partial charge < -0.3 is 15.4 Å². The first-order valence-corrected chi connectivity index (χ1v) is 11.0. The summed E-state index contributed by atoms with van der Waals surface area (Å²) in [5, 5.41) is 5.97. The second-order valence-corrected chi connectivity index (χ2v) is 8.50. The summed E-state index contributed by atoms with van der Waals surface area (Å²) in [5.41, 5.74) is 1.92. The Bertz CT molecular complexity index is 966. The maximum atomic E-state index is 13.8. The number of amides is 2. The number of alkyl carbamates (subject to hydrolysis) is 1. The SMILES string of the molecule is COC(=O)NC1CCC(CC(=Nc2cc(F)cc(Cl)c2)NC(=O)c2ccc(C)cc2)CC1. The summed E-state index contributed by atoms with van der Waals surface area (Å²) in [6.07, 6.45) is 3.44. The fourth-order valence-corrected chi connectivity index (χ4v) is 4.02. The van der Waals surface area contributed by atoms with Gasteiger partial charge >= 0.3 is 6.09 Å². The molecule has 0 heterocycles. The molecule has 0 spiro atoms. The van der Waals surface area contributed by atoms with E-state index in [-0.39, 0.29) is 22.9 Å². The van der Waals surface area contributed by atoms with Crippen LogP contribution in [0.4, 0.5) is 14.9 Å². The Morgan fingerprint density at radius 3 is 2.44 bits per heavy atom. The van der Waals surface area contributed by atoms with Crippen LogP contribution in [0.25, 0.3) is 0 Å². The van der Waals surface area contributed by atoms with E-state index in [9.17, 15) is 14.0 Å². The third-order valence-electron chi connectivity index (χ3n) is 5.52. The number of aryl methyl sites for hydroxylation is 1. The van der Waals surface area contributed by atoms with Crippen molar-refractivity contribution < 1.29 is 18.7 Å². The normalized spacial score (nSPS) is 18.7. The molecule has 3 rings (SSSR count). The van der Waals surface area contributed by atoms with Gasteiger partial charge in [0, 0.05) is 23.0 Å². The highest BCUT2D eigenvalue weighted by molar-refractivity contribution is 6.30. The zero-order valence-electron chi connectivity index (χ0n) is 18.2. The van der Waals surface area contributed by atoms with Crippen molar-refractivity contribution in [1.82, 2.24) is 10.6 Å². The van der Waals surface area contributed by atoms with Gasteiger partial charge in [-0.05, 0) is 68.9 Å². The van der Waals surface area contributed by atoms with Gasteiger partial charge in [0.15, 0.2) is 0 Å². The van der Waals surface area contributed by atoms with Crippen molar-refractivity contribution in [2.24, 2.45) is 10.9 Å². The molecule has 0 radical (unpaired) electrons. The predicted molar refractivity (Wildman–Crippen MR) is 123 cm³/mol. The molecule has 0 unspecified atom stereocenters. The molecule has 170 valence electrons. The lowest BCUT2D eigenvalue weighted by Gasteiger charge is -2.29. The van der Waals surface area contributed by atoms with E-state index in [1.165, 1.54) is 19.2 Å². The lowest BCUT2D eigenvalue weighted by molar-refractivity contribution is 0.0975. The van der Waals surface area contributed by atoms with Crippen LogP contribution < -0.4 is 10.6 Å². The number of carbonyl (C=O) groups is 2. The summed E-state index contributed by atoms with van der Waals surface area (Å²) >= 11 is 5.97. The van der Waals surface area contributed by atoms with Crippen molar-refractivity contribution in [3.8, 4) is 0 Å². The van der Waals surface area contributed by atoms with Crippen LogP contribution in [-0.2, 0) is 4.74 Å². The maximum Gasteiger partial charge on any atom is 0.407 e. The van der Waals surface area contributed by atoms with Crippen LogP contribution >= 0.6 is 11.6 Å². The lowest BCUT2D eigenvalue weighted by atomic mass is 9.84. The van der Waals surface area contributed by atoms with Gasteiger partial charge in [0.1, 0.15) is 11.7 Å². The van der Waals surface area contributed by atoms with E-state index < -0.39 is 11.9 Å². The van der Waals surface area contributed by atoms with E-state index in [0.29, 0.717) is 23.5 Å². The number of benzene rings is 2.